The van der Waals surface area contributed by atoms with E-state index < -0.39 is 28.7 Å². The number of non-ortho nitro benzene ring substituents is 1. The zero-order chi connectivity index (χ0) is 20.8. The number of nitro benzene ring substituents is 1. The van der Waals surface area contributed by atoms with E-state index in [0.717, 1.165) is 6.07 Å². The zero-order valence-electron chi connectivity index (χ0n) is 14.9. The van der Waals surface area contributed by atoms with Gasteiger partial charge in [0.15, 0.2) is 0 Å². The molecule has 0 radical (unpaired) electrons. The summed E-state index contributed by atoms with van der Waals surface area (Å²) in [4.78, 5) is 35.6. The molecule has 0 aromatic heterocycles. The topological polar surface area (TPSA) is 98.5 Å². The quantitative estimate of drug-likeness (QED) is 0.382. The van der Waals surface area contributed by atoms with Gasteiger partial charge in [-0.15, -0.1) is 0 Å². The van der Waals surface area contributed by atoms with Crippen molar-refractivity contribution in [1.82, 2.24) is 0 Å². The number of hydrogen-bond acceptors (Lipinski definition) is 5. The van der Waals surface area contributed by atoms with Gasteiger partial charge in [0.25, 0.3) is 11.6 Å². The summed E-state index contributed by atoms with van der Waals surface area (Å²) in [5.74, 6) is -2.00. The number of nitrogens with zero attached hydrogens (tertiary/aromatic N) is 1. The van der Waals surface area contributed by atoms with Crippen molar-refractivity contribution in [3.8, 4) is 0 Å². The van der Waals surface area contributed by atoms with Crippen LogP contribution in [0.1, 0.15) is 22.0 Å². The lowest BCUT2D eigenvalue weighted by Crippen LogP contribution is -2.26. The highest BCUT2D eigenvalue weighted by Crippen LogP contribution is 2.23. The first-order valence-electron chi connectivity index (χ1n) is 8.51. The van der Waals surface area contributed by atoms with Gasteiger partial charge in [-0.1, -0.05) is 36.4 Å². The number of ether oxygens (including phenoxy) is 1. The third-order valence-corrected chi connectivity index (χ3v) is 3.97. The van der Waals surface area contributed by atoms with Crippen LogP contribution in [0.25, 0.3) is 0 Å². The van der Waals surface area contributed by atoms with Gasteiger partial charge < -0.3 is 10.1 Å². The van der Waals surface area contributed by atoms with E-state index in [2.05, 4.69) is 5.32 Å². The summed E-state index contributed by atoms with van der Waals surface area (Å²) in [6, 6.07) is 18.4. The molecule has 7 nitrogen and oxygen atoms in total. The number of anilines is 1. The first kappa shape index (κ1) is 19.7. The van der Waals surface area contributed by atoms with Gasteiger partial charge in [-0.05, 0) is 30.3 Å². The average Bonchev–Trinajstić information content (AvgIpc) is 2.74. The SMILES string of the molecule is O=C(O[C@H](C(=O)Nc1ccc(F)cc1)c1ccccc1)c1cccc([N+](=O)[O-])c1. The van der Waals surface area contributed by atoms with Crippen LogP contribution in [0.2, 0.25) is 0 Å². The van der Waals surface area contributed by atoms with Gasteiger partial charge in [0.2, 0.25) is 6.10 Å². The summed E-state index contributed by atoms with van der Waals surface area (Å²) in [5, 5.41) is 13.5. The highest BCUT2D eigenvalue weighted by molar-refractivity contribution is 5.98. The van der Waals surface area contributed by atoms with Crippen molar-refractivity contribution in [1.29, 1.82) is 0 Å². The molecule has 0 spiro atoms. The van der Waals surface area contributed by atoms with E-state index in [1.165, 1.54) is 42.5 Å². The molecule has 1 N–H and O–H groups in total. The molecule has 0 aliphatic heterocycles. The highest BCUT2D eigenvalue weighted by Gasteiger charge is 2.26. The largest absolute Gasteiger partial charge is 0.444 e. The Hall–Kier alpha value is -4.07. The molecule has 0 aliphatic carbocycles. The van der Waals surface area contributed by atoms with Crippen molar-refractivity contribution in [2.45, 2.75) is 6.10 Å². The van der Waals surface area contributed by atoms with Crippen LogP contribution in [0.15, 0.2) is 78.9 Å². The molecule has 0 heterocycles. The lowest BCUT2D eigenvalue weighted by atomic mass is 10.1. The fraction of sp³-hybridized carbons (Fsp3) is 0.0476. The van der Waals surface area contributed by atoms with Crippen LogP contribution in [0, 0.1) is 15.9 Å². The van der Waals surface area contributed by atoms with E-state index in [4.69, 9.17) is 4.74 Å². The van der Waals surface area contributed by atoms with Crippen molar-refractivity contribution >= 4 is 23.3 Å². The molecule has 1 atom stereocenters. The number of nitro groups is 1. The van der Waals surface area contributed by atoms with Gasteiger partial charge in [-0.25, -0.2) is 9.18 Å². The van der Waals surface area contributed by atoms with E-state index in [9.17, 15) is 24.1 Å². The number of hydrogen-bond donors (Lipinski definition) is 1. The molecule has 0 saturated carbocycles. The summed E-state index contributed by atoms with van der Waals surface area (Å²) in [6.07, 6.45) is -1.31. The molecule has 0 saturated heterocycles. The van der Waals surface area contributed by atoms with Gasteiger partial charge in [0.05, 0.1) is 10.5 Å². The molecule has 3 aromatic rings. The second kappa shape index (κ2) is 8.75. The van der Waals surface area contributed by atoms with Crippen molar-refractivity contribution in [2.24, 2.45) is 0 Å². The maximum atomic E-state index is 13.1. The van der Waals surface area contributed by atoms with Crippen molar-refractivity contribution in [2.75, 3.05) is 5.32 Å². The molecule has 3 aromatic carbocycles. The van der Waals surface area contributed by atoms with Crippen LogP contribution in [-0.4, -0.2) is 16.8 Å². The van der Waals surface area contributed by atoms with E-state index in [0.29, 0.717) is 11.3 Å². The van der Waals surface area contributed by atoms with E-state index in [1.807, 2.05) is 0 Å². The number of rotatable bonds is 6. The molecule has 0 bridgehead atoms. The number of esters is 1. The fourth-order valence-electron chi connectivity index (χ4n) is 2.56. The summed E-state index contributed by atoms with van der Waals surface area (Å²) in [5.41, 5.74) is 0.399. The molecule has 146 valence electrons. The van der Waals surface area contributed by atoms with Crippen molar-refractivity contribution < 1.29 is 23.6 Å². The number of carbonyl (C=O) groups excluding carboxylic acids is 2. The Morgan fingerprint density at radius 1 is 0.966 bits per heavy atom. The molecule has 29 heavy (non-hydrogen) atoms. The molecular weight excluding hydrogens is 379 g/mol. The summed E-state index contributed by atoms with van der Waals surface area (Å²) < 4.78 is 18.4. The van der Waals surface area contributed by atoms with Crippen LogP contribution in [0.3, 0.4) is 0 Å². The molecule has 0 fully saturated rings. The third-order valence-electron chi connectivity index (χ3n) is 3.97. The Morgan fingerprint density at radius 3 is 2.31 bits per heavy atom. The fourth-order valence-corrected chi connectivity index (χ4v) is 2.56. The number of amides is 1. The second-order valence-electron chi connectivity index (χ2n) is 6.00. The number of halogens is 1. The van der Waals surface area contributed by atoms with Gasteiger partial charge >= 0.3 is 5.97 Å². The molecule has 1 amide bonds. The standard InChI is InChI=1S/C21H15FN2O5/c22-16-9-11-17(12-10-16)23-20(25)19(14-5-2-1-3-6-14)29-21(26)15-7-4-8-18(13-15)24(27)28/h1-13,19H,(H,23,25)/t19-/m0/s1. The van der Waals surface area contributed by atoms with Crippen LogP contribution < -0.4 is 5.32 Å². The second-order valence-corrected chi connectivity index (χ2v) is 6.00. The Kier molecular flexibility index (Phi) is 5.94. The molecule has 0 aliphatic rings. The summed E-state index contributed by atoms with van der Waals surface area (Å²) >= 11 is 0. The maximum absolute atomic E-state index is 13.1. The Bertz CT molecular complexity index is 1040. The summed E-state index contributed by atoms with van der Waals surface area (Å²) in [6.45, 7) is 0. The zero-order valence-corrected chi connectivity index (χ0v) is 14.9. The van der Waals surface area contributed by atoms with Crippen molar-refractivity contribution in [3.05, 3.63) is 106 Å². The third kappa shape index (κ3) is 5.01. The maximum Gasteiger partial charge on any atom is 0.339 e. The predicted octanol–water partition coefficient (Wildman–Crippen LogP) is 4.27. The normalized spacial score (nSPS) is 11.3. The van der Waals surface area contributed by atoms with Gasteiger partial charge in [0.1, 0.15) is 5.82 Å². The van der Waals surface area contributed by atoms with Crippen LogP contribution >= 0.6 is 0 Å². The van der Waals surface area contributed by atoms with Crippen LogP contribution in [0.4, 0.5) is 15.8 Å². The lowest BCUT2D eigenvalue weighted by molar-refractivity contribution is -0.384. The van der Waals surface area contributed by atoms with Gasteiger partial charge in [-0.3, -0.25) is 14.9 Å². The number of nitrogens with one attached hydrogen (secondary N) is 1. The highest BCUT2D eigenvalue weighted by atomic mass is 19.1. The first-order chi connectivity index (χ1) is 13.9. The molecule has 3 rings (SSSR count). The lowest BCUT2D eigenvalue weighted by Gasteiger charge is -2.18. The minimum Gasteiger partial charge on any atom is -0.444 e. The van der Waals surface area contributed by atoms with Crippen LogP contribution in [-0.2, 0) is 9.53 Å². The number of carbonyl (C=O) groups is 2. The smallest absolute Gasteiger partial charge is 0.339 e. The first-order valence-corrected chi connectivity index (χ1v) is 8.51. The van der Waals surface area contributed by atoms with Crippen molar-refractivity contribution in [3.63, 3.8) is 0 Å². The minimum absolute atomic E-state index is 0.0605. The van der Waals surface area contributed by atoms with Crippen LogP contribution in [0.5, 0.6) is 0 Å². The van der Waals surface area contributed by atoms with E-state index >= 15 is 0 Å². The summed E-state index contributed by atoms with van der Waals surface area (Å²) in [7, 11) is 0. The average molecular weight is 394 g/mol. The molecule has 0 unspecified atom stereocenters. The Balaban J connectivity index is 1.85. The predicted molar refractivity (Wildman–Crippen MR) is 103 cm³/mol. The Morgan fingerprint density at radius 2 is 1.66 bits per heavy atom. The van der Waals surface area contributed by atoms with Gasteiger partial charge in [-0.2, -0.15) is 0 Å². The monoisotopic (exact) mass is 394 g/mol. The van der Waals surface area contributed by atoms with Gasteiger partial charge in [0, 0.05) is 23.4 Å². The molecular formula is C21H15FN2O5. The number of benzene rings is 3. The molecule has 8 heteroatoms. The van der Waals surface area contributed by atoms with E-state index in [-0.39, 0.29) is 11.3 Å². The Labute approximate surface area is 164 Å². The van der Waals surface area contributed by atoms with E-state index in [1.54, 1.807) is 30.3 Å². The minimum atomic E-state index is -1.31.